The molecule has 0 spiro atoms. The third-order valence-electron chi connectivity index (χ3n) is 5.30. The number of hydrogen-bond acceptors (Lipinski definition) is 2. The first kappa shape index (κ1) is 14.1. The molecule has 1 amide bonds. The Balaban J connectivity index is 0.00000120. The van der Waals surface area contributed by atoms with Crippen molar-refractivity contribution in [1.82, 2.24) is 5.32 Å². The van der Waals surface area contributed by atoms with Crippen molar-refractivity contribution in [1.29, 1.82) is 0 Å². The third-order valence-corrected chi connectivity index (χ3v) is 5.30. The second kappa shape index (κ2) is 5.38. The van der Waals surface area contributed by atoms with Crippen LogP contribution in [0.1, 0.15) is 51.4 Å². The number of amides is 1. The minimum Gasteiger partial charge on any atom is -0.349 e. The highest BCUT2D eigenvalue weighted by molar-refractivity contribution is 5.85. The lowest BCUT2D eigenvalue weighted by Gasteiger charge is -2.28. The number of carbonyl (C=O) groups excluding carboxylic acids is 1. The van der Waals surface area contributed by atoms with E-state index in [1.165, 1.54) is 38.5 Å². The second-order valence-corrected chi connectivity index (χ2v) is 6.32. The first-order valence-electron chi connectivity index (χ1n) is 7.28. The van der Waals surface area contributed by atoms with E-state index in [9.17, 15) is 4.79 Å². The van der Waals surface area contributed by atoms with E-state index in [-0.39, 0.29) is 17.9 Å². The number of fused-ring (bicyclic) bond motifs is 1. The zero-order valence-electron chi connectivity index (χ0n) is 11.0. The summed E-state index contributed by atoms with van der Waals surface area (Å²) >= 11 is 0. The molecule has 4 heteroatoms. The summed E-state index contributed by atoms with van der Waals surface area (Å²) in [6, 6.07) is 0. The van der Waals surface area contributed by atoms with E-state index in [0.29, 0.717) is 30.2 Å². The third kappa shape index (κ3) is 2.39. The number of nitrogens with one attached hydrogen (secondary N) is 1. The van der Waals surface area contributed by atoms with Gasteiger partial charge in [-0.2, -0.15) is 0 Å². The monoisotopic (exact) mass is 272 g/mol. The Hall–Kier alpha value is -0.280. The van der Waals surface area contributed by atoms with Gasteiger partial charge in [0, 0.05) is 12.5 Å². The number of rotatable bonds is 3. The Morgan fingerprint density at radius 1 is 1.11 bits per heavy atom. The normalized spacial score (nSPS) is 36.4. The van der Waals surface area contributed by atoms with Crippen LogP contribution in [0, 0.1) is 17.8 Å². The van der Waals surface area contributed by atoms with E-state index < -0.39 is 0 Å². The lowest BCUT2D eigenvalue weighted by atomic mass is 9.97. The zero-order chi connectivity index (χ0) is 11.9. The Kier molecular flexibility index (Phi) is 4.22. The van der Waals surface area contributed by atoms with Crippen LogP contribution in [-0.2, 0) is 4.79 Å². The van der Waals surface area contributed by atoms with Crippen molar-refractivity contribution in [3.8, 4) is 0 Å². The Morgan fingerprint density at radius 2 is 1.67 bits per heavy atom. The molecule has 0 heterocycles. The molecule has 0 aliphatic heterocycles. The van der Waals surface area contributed by atoms with Crippen molar-refractivity contribution in [2.45, 2.75) is 56.9 Å². The Bertz CT molecular complexity index is 303. The van der Waals surface area contributed by atoms with Crippen LogP contribution < -0.4 is 11.1 Å². The van der Waals surface area contributed by atoms with E-state index in [0.717, 1.165) is 12.8 Å². The molecular formula is C14H25ClN2O. The van der Waals surface area contributed by atoms with E-state index in [1.54, 1.807) is 0 Å². The summed E-state index contributed by atoms with van der Waals surface area (Å²) in [5, 5.41) is 3.30. The quantitative estimate of drug-likeness (QED) is 0.828. The fraction of sp³-hybridized carbons (Fsp3) is 0.929. The predicted molar refractivity (Wildman–Crippen MR) is 74.6 cm³/mol. The maximum atomic E-state index is 12.3. The molecule has 3 rings (SSSR count). The van der Waals surface area contributed by atoms with E-state index in [1.807, 2.05) is 0 Å². The average Bonchev–Trinajstić information content (AvgIpc) is 2.92. The second-order valence-electron chi connectivity index (χ2n) is 6.32. The smallest absolute Gasteiger partial charge is 0.224 e. The van der Waals surface area contributed by atoms with Crippen LogP contribution in [0.5, 0.6) is 0 Å². The first-order chi connectivity index (χ1) is 8.26. The molecule has 3 aliphatic rings. The van der Waals surface area contributed by atoms with Crippen molar-refractivity contribution < 1.29 is 4.79 Å². The number of carbonyl (C=O) groups is 1. The van der Waals surface area contributed by atoms with Gasteiger partial charge < -0.3 is 11.1 Å². The van der Waals surface area contributed by atoms with Gasteiger partial charge in [0.1, 0.15) is 0 Å². The van der Waals surface area contributed by atoms with Gasteiger partial charge in [0.2, 0.25) is 5.91 Å². The number of halogens is 1. The standard InChI is InChI=1S/C14H24N2O.ClH/c15-9-14(7-3-4-8-14)16-13(17)12-10-5-1-2-6-11(10)12;/h10-12H,1-9,15H2,(H,16,17);1H. The lowest BCUT2D eigenvalue weighted by Crippen LogP contribution is -2.52. The van der Waals surface area contributed by atoms with Crippen LogP contribution in [0.4, 0.5) is 0 Å². The maximum absolute atomic E-state index is 12.3. The van der Waals surface area contributed by atoms with Gasteiger partial charge in [0.05, 0.1) is 5.54 Å². The van der Waals surface area contributed by atoms with Gasteiger partial charge in [-0.05, 0) is 37.5 Å². The molecule has 0 aromatic rings. The molecule has 3 fully saturated rings. The van der Waals surface area contributed by atoms with E-state index >= 15 is 0 Å². The molecule has 3 N–H and O–H groups in total. The minimum absolute atomic E-state index is 0. The summed E-state index contributed by atoms with van der Waals surface area (Å²) in [6.45, 7) is 0.612. The van der Waals surface area contributed by atoms with Gasteiger partial charge in [0.15, 0.2) is 0 Å². The highest BCUT2D eigenvalue weighted by Crippen LogP contribution is 2.55. The summed E-state index contributed by atoms with van der Waals surface area (Å²) in [7, 11) is 0. The van der Waals surface area contributed by atoms with Crippen molar-refractivity contribution in [3.63, 3.8) is 0 Å². The van der Waals surface area contributed by atoms with E-state index in [4.69, 9.17) is 5.73 Å². The van der Waals surface area contributed by atoms with Crippen molar-refractivity contribution >= 4 is 18.3 Å². The minimum atomic E-state index is -0.0528. The Morgan fingerprint density at radius 3 is 2.17 bits per heavy atom. The van der Waals surface area contributed by atoms with Crippen LogP contribution in [0.15, 0.2) is 0 Å². The van der Waals surface area contributed by atoms with Crippen LogP contribution in [0.25, 0.3) is 0 Å². The molecule has 2 unspecified atom stereocenters. The highest BCUT2D eigenvalue weighted by atomic mass is 35.5. The topological polar surface area (TPSA) is 55.1 Å². The van der Waals surface area contributed by atoms with Gasteiger partial charge in [-0.15, -0.1) is 12.4 Å². The summed E-state index contributed by atoms with van der Waals surface area (Å²) in [5.41, 5.74) is 5.82. The highest BCUT2D eigenvalue weighted by Gasteiger charge is 2.55. The molecule has 0 aromatic carbocycles. The first-order valence-corrected chi connectivity index (χ1v) is 7.28. The van der Waals surface area contributed by atoms with Gasteiger partial charge in [-0.25, -0.2) is 0 Å². The fourth-order valence-corrected chi connectivity index (χ4v) is 4.16. The molecule has 18 heavy (non-hydrogen) atoms. The molecular weight excluding hydrogens is 248 g/mol. The molecule has 0 bridgehead atoms. The van der Waals surface area contributed by atoms with Crippen LogP contribution in [-0.4, -0.2) is 18.0 Å². The summed E-state index contributed by atoms with van der Waals surface area (Å²) in [4.78, 5) is 12.3. The van der Waals surface area contributed by atoms with Gasteiger partial charge in [-0.1, -0.05) is 25.7 Å². The lowest BCUT2D eigenvalue weighted by molar-refractivity contribution is -0.124. The molecule has 3 aliphatic carbocycles. The van der Waals surface area contributed by atoms with Gasteiger partial charge in [0.25, 0.3) is 0 Å². The number of hydrogen-bond donors (Lipinski definition) is 2. The average molecular weight is 273 g/mol. The largest absolute Gasteiger partial charge is 0.349 e. The fourth-order valence-electron chi connectivity index (χ4n) is 4.16. The SMILES string of the molecule is Cl.NCC1(NC(=O)C2C3CCCCC32)CCCC1. The van der Waals surface area contributed by atoms with Crippen molar-refractivity contribution in [2.75, 3.05) is 6.54 Å². The zero-order valence-corrected chi connectivity index (χ0v) is 11.8. The van der Waals surface area contributed by atoms with E-state index in [2.05, 4.69) is 5.32 Å². The van der Waals surface area contributed by atoms with Gasteiger partial charge in [-0.3, -0.25) is 4.79 Å². The molecule has 104 valence electrons. The number of nitrogens with two attached hydrogens (primary N) is 1. The van der Waals surface area contributed by atoms with Crippen LogP contribution in [0.2, 0.25) is 0 Å². The molecule has 3 saturated carbocycles. The summed E-state index contributed by atoms with van der Waals surface area (Å²) in [5.74, 6) is 2.07. The molecule has 0 saturated heterocycles. The molecule has 2 atom stereocenters. The van der Waals surface area contributed by atoms with Crippen molar-refractivity contribution in [3.05, 3.63) is 0 Å². The molecule has 3 nitrogen and oxygen atoms in total. The Labute approximate surface area is 116 Å². The summed E-state index contributed by atoms with van der Waals surface area (Å²) < 4.78 is 0. The van der Waals surface area contributed by atoms with Crippen LogP contribution in [0.3, 0.4) is 0 Å². The maximum Gasteiger partial charge on any atom is 0.224 e. The van der Waals surface area contributed by atoms with Crippen LogP contribution >= 0.6 is 12.4 Å². The molecule has 0 aromatic heterocycles. The molecule has 0 radical (unpaired) electrons. The van der Waals surface area contributed by atoms with Gasteiger partial charge >= 0.3 is 0 Å². The predicted octanol–water partition coefficient (Wildman–Crippen LogP) is 2.23. The summed E-state index contributed by atoms with van der Waals surface area (Å²) in [6.07, 6.45) is 9.80. The van der Waals surface area contributed by atoms with Crippen molar-refractivity contribution in [2.24, 2.45) is 23.5 Å².